The van der Waals surface area contributed by atoms with Crippen molar-refractivity contribution in [1.29, 1.82) is 0 Å². The molecule has 74 valence electrons. The van der Waals surface area contributed by atoms with E-state index in [2.05, 4.69) is 27.3 Å². The average molecular weight is 255 g/mol. The van der Waals surface area contributed by atoms with Crippen LogP contribution in [0.5, 0.6) is 5.75 Å². The zero-order valence-electron chi connectivity index (χ0n) is 7.75. The number of hydrogen-bond acceptors (Lipinski definition) is 3. The average Bonchev–Trinajstić information content (AvgIpc) is 2.20. The summed E-state index contributed by atoms with van der Waals surface area (Å²) in [5.74, 6) is 8.60. The molecule has 0 radical (unpaired) electrons. The Morgan fingerprint density at radius 2 is 2.36 bits per heavy atom. The summed E-state index contributed by atoms with van der Waals surface area (Å²) < 4.78 is 5.95. The molecule has 0 saturated heterocycles. The van der Waals surface area contributed by atoms with Crippen LogP contribution in [0.15, 0.2) is 22.7 Å². The molecular weight excluding hydrogens is 244 g/mol. The van der Waals surface area contributed by atoms with Crippen LogP contribution in [0.3, 0.4) is 0 Å². The minimum atomic E-state index is -0.280. The molecule has 14 heavy (non-hydrogen) atoms. The number of hydrazine groups is 1. The van der Waals surface area contributed by atoms with Gasteiger partial charge in [-0.3, -0.25) is 5.84 Å². The molecular formula is C10H11BrN2O. The van der Waals surface area contributed by atoms with Gasteiger partial charge in [-0.25, -0.2) is 5.43 Å². The molecule has 3 N–H and O–H groups in total. The standard InChI is InChI=1S/C10H11BrN2O/c1-3-9(13-12)7-4-5-10(14-2)8(11)6-7/h1,4-6,9,13H,12H2,2H3. The predicted molar refractivity (Wildman–Crippen MR) is 59.6 cm³/mol. The molecule has 1 aromatic rings. The topological polar surface area (TPSA) is 47.3 Å². The van der Waals surface area contributed by atoms with Crippen LogP contribution >= 0.6 is 15.9 Å². The third-order valence-electron chi connectivity index (χ3n) is 1.84. The molecule has 4 heteroatoms. The van der Waals surface area contributed by atoms with Crippen molar-refractivity contribution in [2.24, 2.45) is 5.84 Å². The first kappa shape index (κ1) is 11.1. The van der Waals surface area contributed by atoms with E-state index in [0.29, 0.717) is 0 Å². The van der Waals surface area contributed by atoms with Gasteiger partial charge in [0.25, 0.3) is 0 Å². The zero-order valence-corrected chi connectivity index (χ0v) is 9.34. The lowest BCUT2D eigenvalue weighted by molar-refractivity contribution is 0.412. The number of terminal acetylenes is 1. The fourth-order valence-electron chi connectivity index (χ4n) is 1.10. The third kappa shape index (κ3) is 2.26. The maximum Gasteiger partial charge on any atom is 0.133 e. The molecule has 0 aliphatic carbocycles. The summed E-state index contributed by atoms with van der Waals surface area (Å²) in [6.07, 6.45) is 5.30. The largest absolute Gasteiger partial charge is 0.496 e. The van der Waals surface area contributed by atoms with Gasteiger partial charge in [0, 0.05) is 0 Å². The zero-order chi connectivity index (χ0) is 10.6. The van der Waals surface area contributed by atoms with E-state index in [1.165, 1.54) is 0 Å². The molecule has 1 unspecified atom stereocenters. The molecule has 0 aliphatic heterocycles. The van der Waals surface area contributed by atoms with E-state index < -0.39 is 0 Å². The van der Waals surface area contributed by atoms with Crippen LogP contribution < -0.4 is 16.0 Å². The van der Waals surface area contributed by atoms with Gasteiger partial charge >= 0.3 is 0 Å². The summed E-state index contributed by atoms with van der Waals surface area (Å²) in [6.45, 7) is 0. The number of rotatable bonds is 3. The summed E-state index contributed by atoms with van der Waals surface area (Å²) in [7, 11) is 1.61. The molecule has 0 saturated carbocycles. The van der Waals surface area contributed by atoms with Crippen molar-refractivity contribution in [3.05, 3.63) is 28.2 Å². The molecule has 0 amide bonds. The van der Waals surface area contributed by atoms with Crippen molar-refractivity contribution < 1.29 is 4.74 Å². The predicted octanol–water partition coefficient (Wildman–Crippen LogP) is 1.60. The summed E-state index contributed by atoms with van der Waals surface area (Å²) in [4.78, 5) is 0. The Bertz CT molecular complexity index is 360. The molecule has 0 spiro atoms. The molecule has 1 atom stereocenters. The fourth-order valence-corrected chi connectivity index (χ4v) is 1.66. The van der Waals surface area contributed by atoms with Gasteiger partial charge in [0.1, 0.15) is 11.8 Å². The molecule has 3 nitrogen and oxygen atoms in total. The number of methoxy groups -OCH3 is 1. The number of nitrogens with one attached hydrogen (secondary N) is 1. The Kier molecular flexibility index (Phi) is 3.96. The summed E-state index contributed by atoms with van der Waals surface area (Å²) >= 11 is 3.37. The number of benzene rings is 1. The van der Waals surface area contributed by atoms with Crippen LogP contribution in [0.2, 0.25) is 0 Å². The third-order valence-corrected chi connectivity index (χ3v) is 2.46. The molecule has 1 aromatic carbocycles. The van der Waals surface area contributed by atoms with E-state index in [4.69, 9.17) is 17.0 Å². The van der Waals surface area contributed by atoms with Crippen LogP contribution in [0.4, 0.5) is 0 Å². The van der Waals surface area contributed by atoms with Gasteiger partial charge in [0.15, 0.2) is 0 Å². The van der Waals surface area contributed by atoms with Gasteiger partial charge in [-0.05, 0) is 33.6 Å². The van der Waals surface area contributed by atoms with Crippen LogP contribution in [0.1, 0.15) is 11.6 Å². The Morgan fingerprint density at radius 3 is 2.79 bits per heavy atom. The van der Waals surface area contributed by atoms with Crippen LogP contribution in [-0.2, 0) is 0 Å². The first-order valence-electron chi connectivity index (χ1n) is 3.98. The van der Waals surface area contributed by atoms with Gasteiger partial charge in [-0.2, -0.15) is 0 Å². The van der Waals surface area contributed by atoms with Crippen molar-refractivity contribution in [1.82, 2.24) is 5.43 Å². The Morgan fingerprint density at radius 1 is 1.64 bits per heavy atom. The Labute approximate surface area is 91.7 Å². The fraction of sp³-hybridized carbons (Fsp3) is 0.200. The van der Waals surface area contributed by atoms with Crippen molar-refractivity contribution >= 4 is 15.9 Å². The normalized spacial score (nSPS) is 11.9. The van der Waals surface area contributed by atoms with E-state index in [1.54, 1.807) is 7.11 Å². The van der Waals surface area contributed by atoms with Crippen molar-refractivity contribution in [3.8, 4) is 18.1 Å². The van der Waals surface area contributed by atoms with Gasteiger partial charge < -0.3 is 4.74 Å². The quantitative estimate of drug-likeness (QED) is 0.490. The summed E-state index contributed by atoms with van der Waals surface area (Å²) in [5.41, 5.74) is 3.45. The van der Waals surface area contributed by atoms with Gasteiger partial charge in [-0.1, -0.05) is 12.0 Å². The lowest BCUT2D eigenvalue weighted by atomic mass is 10.1. The molecule has 0 aromatic heterocycles. The first-order chi connectivity index (χ1) is 6.72. The van der Waals surface area contributed by atoms with Crippen molar-refractivity contribution in [2.75, 3.05) is 7.11 Å². The number of ether oxygens (including phenoxy) is 1. The van der Waals surface area contributed by atoms with Crippen LogP contribution in [0.25, 0.3) is 0 Å². The van der Waals surface area contributed by atoms with E-state index in [1.807, 2.05) is 18.2 Å². The minimum absolute atomic E-state index is 0.280. The number of hydrogen-bond donors (Lipinski definition) is 2. The van der Waals surface area contributed by atoms with E-state index in [0.717, 1.165) is 15.8 Å². The monoisotopic (exact) mass is 254 g/mol. The second kappa shape index (κ2) is 5.01. The highest BCUT2D eigenvalue weighted by molar-refractivity contribution is 9.10. The van der Waals surface area contributed by atoms with Gasteiger partial charge in [0.05, 0.1) is 11.6 Å². The highest BCUT2D eigenvalue weighted by Gasteiger charge is 2.08. The Hall–Kier alpha value is -1.02. The molecule has 0 aliphatic rings. The molecule has 0 fully saturated rings. The molecule has 0 heterocycles. The lowest BCUT2D eigenvalue weighted by Crippen LogP contribution is -2.26. The Balaban J connectivity index is 3.03. The van der Waals surface area contributed by atoms with Crippen molar-refractivity contribution in [3.63, 3.8) is 0 Å². The molecule has 0 bridgehead atoms. The van der Waals surface area contributed by atoms with Crippen molar-refractivity contribution in [2.45, 2.75) is 6.04 Å². The number of halogens is 1. The SMILES string of the molecule is C#CC(NN)c1ccc(OC)c(Br)c1. The smallest absolute Gasteiger partial charge is 0.133 e. The highest BCUT2D eigenvalue weighted by atomic mass is 79.9. The minimum Gasteiger partial charge on any atom is -0.496 e. The second-order valence-corrected chi connectivity index (χ2v) is 3.51. The van der Waals surface area contributed by atoms with E-state index >= 15 is 0 Å². The highest BCUT2D eigenvalue weighted by Crippen LogP contribution is 2.27. The van der Waals surface area contributed by atoms with Gasteiger partial charge in [-0.15, -0.1) is 6.42 Å². The summed E-state index contributed by atoms with van der Waals surface area (Å²) in [6, 6.07) is 5.30. The number of nitrogens with two attached hydrogens (primary N) is 1. The summed E-state index contributed by atoms with van der Waals surface area (Å²) in [5, 5.41) is 0. The maximum absolute atomic E-state index is 5.30. The van der Waals surface area contributed by atoms with E-state index in [9.17, 15) is 0 Å². The lowest BCUT2D eigenvalue weighted by Gasteiger charge is -2.11. The van der Waals surface area contributed by atoms with Crippen LogP contribution in [-0.4, -0.2) is 7.11 Å². The van der Waals surface area contributed by atoms with Crippen LogP contribution in [0, 0.1) is 12.3 Å². The molecule has 1 rings (SSSR count). The maximum atomic E-state index is 5.30. The second-order valence-electron chi connectivity index (χ2n) is 2.66. The van der Waals surface area contributed by atoms with Gasteiger partial charge in [0.2, 0.25) is 0 Å². The van der Waals surface area contributed by atoms with E-state index in [-0.39, 0.29) is 6.04 Å². The first-order valence-corrected chi connectivity index (χ1v) is 4.78.